The van der Waals surface area contributed by atoms with Crippen LogP contribution in [0.3, 0.4) is 0 Å². The zero-order valence-electron chi connectivity index (χ0n) is 11.5. The second kappa shape index (κ2) is 6.07. The Kier molecular flexibility index (Phi) is 4.62. The van der Waals surface area contributed by atoms with E-state index in [4.69, 9.17) is 5.73 Å². The van der Waals surface area contributed by atoms with Crippen LogP contribution in [0.1, 0.15) is 13.8 Å². The van der Waals surface area contributed by atoms with E-state index in [1.54, 1.807) is 30.0 Å². The quantitative estimate of drug-likeness (QED) is 0.713. The molecule has 0 saturated heterocycles. The minimum absolute atomic E-state index is 0.115. The van der Waals surface area contributed by atoms with Crippen LogP contribution in [0.25, 0.3) is 10.9 Å². The van der Waals surface area contributed by atoms with E-state index < -0.39 is 10.0 Å². The van der Waals surface area contributed by atoms with Gasteiger partial charge in [-0.1, -0.05) is 6.92 Å². The summed E-state index contributed by atoms with van der Waals surface area (Å²) < 4.78 is 27.5. The fourth-order valence-corrected chi connectivity index (χ4v) is 4.18. The number of fused-ring (bicyclic) bond motifs is 1. The van der Waals surface area contributed by atoms with Gasteiger partial charge in [0, 0.05) is 34.6 Å². The summed E-state index contributed by atoms with van der Waals surface area (Å²) in [6, 6.07) is 5.07. The molecule has 0 saturated carbocycles. The number of benzene rings is 1. The first-order chi connectivity index (χ1) is 9.44. The largest absolute Gasteiger partial charge is 0.399 e. The number of hydrogen-bond donors (Lipinski definition) is 3. The van der Waals surface area contributed by atoms with Crippen LogP contribution in [-0.4, -0.2) is 30.9 Å². The maximum Gasteiger partial charge on any atom is 0.242 e. The maximum atomic E-state index is 12.4. The van der Waals surface area contributed by atoms with Gasteiger partial charge in [0.1, 0.15) is 4.90 Å². The minimum Gasteiger partial charge on any atom is -0.399 e. The molecule has 2 rings (SSSR count). The Morgan fingerprint density at radius 1 is 1.45 bits per heavy atom. The molecule has 4 N–H and O–H groups in total. The first kappa shape index (κ1) is 15.2. The summed E-state index contributed by atoms with van der Waals surface area (Å²) in [7, 11) is -3.54. The topological polar surface area (TPSA) is 88.0 Å². The molecule has 1 unspecified atom stereocenters. The number of anilines is 1. The van der Waals surface area contributed by atoms with Crippen LogP contribution >= 0.6 is 11.8 Å². The number of nitrogen functional groups attached to an aromatic ring is 1. The molecular weight excluding hydrogens is 294 g/mol. The van der Waals surface area contributed by atoms with Gasteiger partial charge in [-0.3, -0.25) is 0 Å². The first-order valence-electron chi connectivity index (χ1n) is 6.40. The predicted molar refractivity (Wildman–Crippen MR) is 85.5 cm³/mol. The van der Waals surface area contributed by atoms with Crippen molar-refractivity contribution in [3.63, 3.8) is 0 Å². The number of H-pyrrole nitrogens is 1. The van der Waals surface area contributed by atoms with Gasteiger partial charge >= 0.3 is 0 Å². The Morgan fingerprint density at radius 2 is 2.20 bits per heavy atom. The van der Waals surface area contributed by atoms with Crippen molar-refractivity contribution in [2.24, 2.45) is 0 Å². The molecule has 110 valence electrons. The van der Waals surface area contributed by atoms with Crippen molar-refractivity contribution < 1.29 is 8.42 Å². The van der Waals surface area contributed by atoms with Crippen molar-refractivity contribution in [1.82, 2.24) is 9.71 Å². The van der Waals surface area contributed by atoms with Gasteiger partial charge in [0.25, 0.3) is 0 Å². The van der Waals surface area contributed by atoms with E-state index in [0.717, 1.165) is 17.0 Å². The van der Waals surface area contributed by atoms with Gasteiger partial charge in [-0.25, -0.2) is 13.1 Å². The lowest BCUT2D eigenvalue weighted by Gasteiger charge is -2.13. The minimum atomic E-state index is -3.54. The highest BCUT2D eigenvalue weighted by atomic mass is 32.2. The monoisotopic (exact) mass is 313 g/mol. The maximum absolute atomic E-state index is 12.4. The predicted octanol–water partition coefficient (Wildman–Crippen LogP) is 2.17. The van der Waals surface area contributed by atoms with Gasteiger partial charge in [-0.15, -0.1) is 0 Å². The third-order valence-electron chi connectivity index (χ3n) is 2.89. The molecule has 20 heavy (non-hydrogen) atoms. The number of nitrogens with two attached hydrogens (primary N) is 1. The molecule has 0 aliphatic heterocycles. The Hall–Kier alpha value is -1.18. The molecule has 1 atom stereocenters. The van der Waals surface area contributed by atoms with Gasteiger partial charge in [0.2, 0.25) is 10.0 Å². The van der Waals surface area contributed by atoms with E-state index in [9.17, 15) is 8.42 Å². The van der Waals surface area contributed by atoms with Crippen LogP contribution in [0.15, 0.2) is 29.3 Å². The molecule has 0 spiro atoms. The summed E-state index contributed by atoms with van der Waals surface area (Å²) >= 11 is 1.71. The van der Waals surface area contributed by atoms with E-state index in [-0.39, 0.29) is 10.9 Å². The lowest BCUT2D eigenvalue weighted by Crippen LogP contribution is -2.34. The number of rotatable bonds is 6. The zero-order chi connectivity index (χ0) is 14.8. The summed E-state index contributed by atoms with van der Waals surface area (Å²) in [6.45, 7) is 3.91. The second-order valence-electron chi connectivity index (χ2n) is 4.64. The Morgan fingerprint density at radius 3 is 2.90 bits per heavy atom. The lowest BCUT2D eigenvalue weighted by molar-refractivity contribution is 0.572. The fraction of sp³-hybridized carbons (Fsp3) is 0.385. The molecular formula is C13H19N3O2S2. The molecule has 7 heteroatoms. The van der Waals surface area contributed by atoms with Crippen LogP contribution in [0.5, 0.6) is 0 Å². The summed E-state index contributed by atoms with van der Waals surface area (Å²) in [4.78, 5) is 3.20. The molecule has 0 bridgehead atoms. The number of aromatic nitrogens is 1. The summed E-state index contributed by atoms with van der Waals surface area (Å²) in [5, 5.41) is 0.618. The lowest BCUT2D eigenvalue weighted by atomic mass is 10.2. The normalized spacial score (nSPS) is 13.7. The second-order valence-corrected chi connectivity index (χ2v) is 7.64. The Bertz CT molecular complexity index is 695. The third-order valence-corrected chi connectivity index (χ3v) is 5.66. The number of thioether (sulfide) groups is 1. The van der Waals surface area contributed by atoms with Crippen molar-refractivity contribution in [1.29, 1.82) is 0 Å². The van der Waals surface area contributed by atoms with Crippen LogP contribution < -0.4 is 10.5 Å². The van der Waals surface area contributed by atoms with E-state index in [1.807, 2.05) is 13.8 Å². The fourth-order valence-electron chi connectivity index (χ4n) is 1.99. The Labute approximate surface area is 123 Å². The van der Waals surface area contributed by atoms with Crippen LogP contribution in [0.4, 0.5) is 5.69 Å². The molecule has 0 radical (unpaired) electrons. The van der Waals surface area contributed by atoms with Crippen molar-refractivity contribution in [2.45, 2.75) is 24.8 Å². The smallest absolute Gasteiger partial charge is 0.242 e. The van der Waals surface area contributed by atoms with Gasteiger partial charge in [0.15, 0.2) is 0 Å². The molecule has 2 aromatic rings. The molecule has 0 aliphatic carbocycles. The summed E-state index contributed by atoms with van der Waals surface area (Å²) in [5.41, 5.74) is 7.03. The summed E-state index contributed by atoms with van der Waals surface area (Å²) in [5.74, 6) is 1.72. The van der Waals surface area contributed by atoms with Crippen molar-refractivity contribution in [3.05, 3.63) is 24.4 Å². The SMILES string of the molecule is CCSCC(C)NS(=O)(=O)c1c[nH]c2ccc(N)cc12. The van der Waals surface area contributed by atoms with Gasteiger partial charge in [-0.2, -0.15) is 11.8 Å². The van der Waals surface area contributed by atoms with Crippen molar-refractivity contribution in [2.75, 3.05) is 17.2 Å². The van der Waals surface area contributed by atoms with Gasteiger partial charge in [-0.05, 0) is 30.9 Å². The van der Waals surface area contributed by atoms with E-state index in [2.05, 4.69) is 9.71 Å². The van der Waals surface area contributed by atoms with E-state index in [0.29, 0.717) is 11.1 Å². The average Bonchev–Trinajstić information content (AvgIpc) is 2.79. The van der Waals surface area contributed by atoms with E-state index >= 15 is 0 Å². The number of aromatic amines is 1. The molecule has 0 amide bonds. The molecule has 0 aliphatic rings. The van der Waals surface area contributed by atoms with Crippen molar-refractivity contribution >= 4 is 38.4 Å². The number of nitrogens with one attached hydrogen (secondary N) is 2. The van der Waals surface area contributed by atoms with Gasteiger partial charge < -0.3 is 10.7 Å². The molecule has 0 fully saturated rings. The highest BCUT2D eigenvalue weighted by Gasteiger charge is 2.21. The first-order valence-corrected chi connectivity index (χ1v) is 9.04. The number of sulfonamides is 1. The van der Waals surface area contributed by atoms with E-state index in [1.165, 1.54) is 6.20 Å². The van der Waals surface area contributed by atoms with Crippen LogP contribution in [0.2, 0.25) is 0 Å². The third kappa shape index (κ3) is 3.28. The number of hydrogen-bond acceptors (Lipinski definition) is 4. The molecule has 5 nitrogen and oxygen atoms in total. The van der Waals surface area contributed by atoms with Crippen LogP contribution in [-0.2, 0) is 10.0 Å². The zero-order valence-corrected chi connectivity index (χ0v) is 13.1. The molecule has 1 aromatic heterocycles. The highest BCUT2D eigenvalue weighted by molar-refractivity contribution is 7.99. The molecule has 1 heterocycles. The summed E-state index contributed by atoms with van der Waals surface area (Å²) in [6.07, 6.45) is 1.51. The molecule has 1 aromatic carbocycles. The van der Waals surface area contributed by atoms with Crippen LogP contribution in [0, 0.1) is 0 Å². The van der Waals surface area contributed by atoms with Gasteiger partial charge in [0.05, 0.1) is 0 Å². The highest BCUT2D eigenvalue weighted by Crippen LogP contribution is 2.24. The van der Waals surface area contributed by atoms with Crippen molar-refractivity contribution in [3.8, 4) is 0 Å². The standard InChI is InChI=1S/C13H19N3O2S2/c1-3-19-8-9(2)16-20(17,18)13-7-15-12-5-4-10(14)6-11(12)13/h4-7,9,15-16H,3,8,14H2,1-2H3. The Balaban J connectivity index is 2.30. The average molecular weight is 313 g/mol.